The van der Waals surface area contributed by atoms with E-state index in [0.29, 0.717) is 11.7 Å². The molecule has 1 aliphatic carbocycles. The van der Waals surface area contributed by atoms with E-state index in [4.69, 9.17) is 12.2 Å². The topological polar surface area (TPSA) is 74.3 Å². The molecule has 1 aromatic heterocycles. The molecule has 3 rings (SSSR count). The predicted octanol–water partition coefficient (Wildman–Crippen LogP) is 3.66. The summed E-state index contributed by atoms with van der Waals surface area (Å²) < 4.78 is 28.5. The van der Waals surface area contributed by atoms with Crippen LogP contribution >= 0.6 is 12.2 Å². The van der Waals surface area contributed by atoms with Gasteiger partial charge >= 0.3 is 0 Å². The molecule has 2 fully saturated rings. The van der Waals surface area contributed by atoms with E-state index < -0.39 is 10.0 Å². The van der Waals surface area contributed by atoms with E-state index in [2.05, 4.69) is 15.0 Å². The van der Waals surface area contributed by atoms with Gasteiger partial charge in [0.15, 0.2) is 5.11 Å². The molecule has 1 aromatic rings. The van der Waals surface area contributed by atoms with Crippen molar-refractivity contribution in [3.05, 3.63) is 18.5 Å². The van der Waals surface area contributed by atoms with Crippen LogP contribution in [0.15, 0.2) is 23.4 Å². The Bertz CT molecular complexity index is 725. The number of nitrogens with zero attached hydrogens (tertiary/aromatic N) is 2. The minimum atomic E-state index is -3.76. The first-order valence-corrected chi connectivity index (χ1v) is 12.0. The fourth-order valence-electron chi connectivity index (χ4n) is 3.87. The summed E-state index contributed by atoms with van der Waals surface area (Å²) in [5, 5.41) is 3.75. The minimum absolute atomic E-state index is 0.173. The Balaban J connectivity index is 1.72. The number of anilines is 1. The number of hydrogen-bond donors (Lipinski definition) is 2. The molecule has 1 aliphatic heterocycles. The minimum Gasteiger partial charge on any atom is -0.381 e. The lowest BCUT2D eigenvalue weighted by molar-refractivity contribution is 0.342. The van der Waals surface area contributed by atoms with Gasteiger partial charge in [0.2, 0.25) is 0 Å². The maximum atomic E-state index is 13.0. The Hall–Kier alpha value is -1.41. The molecular weight excluding hydrogens is 380 g/mol. The van der Waals surface area contributed by atoms with Crippen molar-refractivity contribution in [3.8, 4) is 0 Å². The van der Waals surface area contributed by atoms with Crippen LogP contribution in [0.4, 0.5) is 5.69 Å². The Kier molecular flexibility index (Phi) is 7.29. The lowest BCUT2D eigenvalue weighted by Crippen LogP contribution is -2.45. The number of pyridine rings is 1. The van der Waals surface area contributed by atoms with Gasteiger partial charge in [-0.25, -0.2) is 8.42 Å². The van der Waals surface area contributed by atoms with Crippen molar-refractivity contribution in [3.63, 3.8) is 0 Å². The van der Waals surface area contributed by atoms with Gasteiger partial charge in [0, 0.05) is 31.5 Å². The van der Waals surface area contributed by atoms with Crippen molar-refractivity contribution < 1.29 is 8.42 Å². The smallest absolute Gasteiger partial charge is 0.267 e. The normalized spacial score (nSPS) is 19.8. The van der Waals surface area contributed by atoms with Crippen LogP contribution in [0.5, 0.6) is 0 Å². The van der Waals surface area contributed by atoms with E-state index in [9.17, 15) is 8.42 Å². The van der Waals surface area contributed by atoms with E-state index in [1.807, 2.05) is 4.90 Å². The van der Waals surface area contributed by atoms with E-state index in [0.717, 1.165) is 38.8 Å². The summed E-state index contributed by atoms with van der Waals surface area (Å²) in [6.07, 6.45) is 14.6. The predicted molar refractivity (Wildman–Crippen MR) is 112 cm³/mol. The lowest BCUT2D eigenvalue weighted by Gasteiger charge is -2.29. The standard InChI is InChI=1S/C19H30N4O2S2/c24-27(25,22-19(26)23-13-7-4-8-14-23)18-15-20-12-11-17(18)21-16-9-5-2-1-3-6-10-16/h11-12,15-16H,1-10,13-14H2,(H,20,21)(H,22,26). The summed E-state index contributed by atoms with van der Waals surface area (Å²) in [4.78, 5) is 6.15. The maximum Gasteiger partial charge on any atom is 0.267 e. The van der Waals surface area contributed by atoms with E-state index in [1.165, 1.54) is 44.7 Å². The van der Waals surface area contributed by atoms with Crippen LogP contribution in [-0.2, 0) is 10.0 Å². The summed E-state index contributed by atoms with van der Waals surface area (Å²) in [7, 11) is -3.76. The van der Waals surface area contributed by atoms with Crippen molar-refractivity contribution in [2.45, 2.75) is 75.1 Å². The van der Waals surface area contributed by atoms with E-state index in [-0.39, 0.29) is 10.0 Å². The first-order valence-electron chi connectivity index (χ1n) is 10.1. The van der Waals surface area contributed by atoms with Crippen LogP contribution < -0.4 is 10.0 Å². The number of rotatable bonds is 4. The van der Waals surface area contributed by atoms with Gasteiger partial charge in [-0.3, -0.25) is 9.71 Å². The molecule has 0 amide bonds. The van der Waals surface area contributed by atoms with Crippen molar-refractivity contribution in [2.75, 3.05) is 18.4 Å². The van der Waals surface area contributed by atoms with Gasteiger partial charge in [0.25, 0.3) is 10.0 Å². The van der Waals surface area contributed by atoms with E-state index >= 15 is 0 Å². The average Bonchev–Trinajstić information content (AvgIpc) is 2.64. The molecule has 150 valence electrons. The summed E-state index contributed by atoms with van der Waals surface area (Å²) in [6, 6.07) is 2.05. The quantitative estimate of drug-likeness (QED) is 0.738. The number of aromatic nitrogens is 1. The van der Waals surface area contributed by atoms with E-state index in [1.54, 1.807) is 12.3 Å². The van der Waals surface area contributed by atoms with Gasteiger partial charge < -0.3 is 10.2 Å². The molecule has 0 aromatic carbocycles. The number of likely N-dealkylation sites (tertiary alicyclic amines) is 1. The van der Waals surface area contributed by atoms with Crippen LogP contribution in [0.3, 0.4) is 0 Å². The number of sulfonamides is 1. The van der Waals surface area contributed by atoms with Crippen LogP contribution in [-0.4, -0.2) is 42.5 Å². The highest BCUT2D eigenvalue weighted by Crippen LogP contribution is 2.25. The van der Waals surface area contributed by atoms with Gasteiger partial charge in [-0.2, -0.15) is 0 Å². The molecule has 6 nitrogen and oxygen atoms in total. The molecule has 0 unspecified atom stereocenters. The number of thiocarbonyl (C=S) groups is 1. The van der Waals surface area contributed by atoms with Crippen LogP contribution in [0.1, 0.15) is 64.2 Å². The highest BCUT2D eigenvalue weighted by atomic mass is 32.2. The first kappa shape index (κ1) is 20.3. The van der Waals surface area contributed by atoms with Crippen LogP contribution in [0.2, 0.25) is 0 Å². The summed E-state index contributed by atoms with van der Waals surface area (Å²) in [6.45, 7) is 1.61. The third-order valence-electron chi connectivity index (χ3n) is 5.40. The van der Waals surface area contributed by atoms with Gasteiger partial charge in [-0.05, 0) is 50.4 Å². The van der Waals surface area contributed by atoms with Gasteiger partial charge in [-0.15, -0.1) is 0 Å². The number of piperidine rings is 1. The van der Waals surface area contributed by atoms with Crippen molar-refractivity contribution in [1.29, 1.82) is 0 Å². The highest BCUT2D eigenvalue weighted by Gasteiger charge is 2.24. The second-order valence-corrected chi connectivity index (χ2v) is 9.55. The van der Waals surface area contributed by atoms with Crippen molar-refractivity contribution in [2.24, 2.45) is 0 Å². The SMILES string of the molecule is O=S(=O)(NC(=S)N1CCCCC1)c1cnccc1NC1CCCCCCC1. The molecule has 0 spiro atoms. The third-order valence-corrected chi connectivity index (χ3v) is 7.26. The molecule has 2 aliphatic rings. The van der Waals surface area contributed by atoms with Crippen molar-refractivity contribution in [1.82, 2.24) is 14.6 Å². The summed E-state index contributed by atoms with van der Waals surface area (Å²) in [5.74, 6) is 0. The summed E-state index contributed by atoms with van der Waals surface area (Å²) >= 11 is 5.35. The zero-order valence-electron chi connectivity index (χ0n) is 15.8. The zero-order chi connectivity index (χ0) is 19.1. The molecule has 1 saturated heterocycles. The lowest BCUT2D eigenvalue weighted by atomic mass is 9.96. The molecule has 2 N–H and O–H groups in total. The highest BCUT2D eigenvalue weighted by molar-refractivity contribution is 7.92. The second kappa shape index (κ2) is 9.68. The van der Waals surface area contributed by atoms with Gasteiger partial charge in [0.05, 0.1) is 5.69 Å². The first-order chi connectivity index (χ1) is 13.1. The second-order valence-electron chi connectivity index (χ2n) is 7.52. The molecule has 0 radical (unpaired) electrons. The van der Waals surface area contributed by atoms with Crippen LogP contribution in [0.25, 0.3) is 0 Å². The molecule has 8 heteroatoms. The summed E-state index contributed by atoms with van der Waals surface area (Å²) in [5.41, 5.74) is 0.615. The Morgan fingerprint density at radius 1 is 1.04 bits per heavy atom. The molecule has 0 bridgehead atoms. The van der Waals surface area contributed by atoms with Crippen LogP contribution in [0, 0.1) is 0 Å². The third kappa shape index (κ3) is 5.78. The molecule has 27 heavy (non-hydrogen) atoms. The zero-order valence-corrected chi connectivity index (χ0v) is 17.5. The number of hydrogen-bond acceptors (Lipinski definition) is 5. The molecule has 1 saturated carbocycles. The Morgan fingerprint density at radius 3 is 2.37 bits per heavy atom. The monoisotopic (exact) mass is 410 g/mol. The fourth-order valence-corrected chi connectivity index (χ4v) is 5.46. The molecule has 2 heterocycles. The van der Waals surface area contributed by atoms with Gasteiger partial charge in [-0.1, -0.05) is 32.1 Å². The largest absolute Gasteiger partial charge is 0.381 e. The van der Waals surface area contributed by atoms with Gasteiger partial charge in [0.1, 0.15) is 4.90 Å². The maximum absolute atomic E-state index is 13.0. The fraction of sp³-hybridized carbons (Fsp3) is 0.684. The van der Waals surface area contributed by atoms with Crippen molar-refractivity contribution >= 4 is 33.0 Å². The Morgan fingerprint density at radius 2 is 1.67 bits per heavy atom. The average molecular weight is 411 g/mol. The molecule has 0 atom stereocenters. The Labute approximate surface area is 168 Å². The number of nitrogens with one attached hydrogen (secondary N) is 2. The molecular formula is C19H30N4O2S2.